The molecule has 0 amide bonds. The maximum Gasteiger partial charge on any atom is 0.212 e. The second-order valence-electron chi connectivity index (χ2n) is 6.27. The summed E-state index contributed by atoms with van der Waals surface area (Å²) in [5.41, 5.74) is 5.43. The van der Waals surface area contributed by atoms with Crippen molar-refractivity contribution in [2.45, 2.75) is 20.3 Å². The Morgan fingerprint density at radius 3 is 2.83 bits per heavy atom. The number of hydrogen-bond acceptors (Lipinski definition) is 3. The first-order valence-electron chi connectivity index (χ1n) is 8.01. The van der Waals surface area contributed by atoms with Gasteiger partial charge in [-0.15, -0.1) is 10.7 Å². The van der Waals surface area contributed by atoms with Gasteiger partial charge < -0.3 is 9.29 Å². The monoisotopic (exact) mass is 340 g/mol. The van der Waals surface area contributed by atoms with Gasteiger partial charge in [-0.25, -0.2) is 0 Å². The second kappa shape index (κ2) is 5.63. The molecular formula is C18H20N4OS. The molecule has 3 heterocycles. The topological polar surface area (TPSA) is 64.8 Å². The van der Waals surface area contributed by atoms with Crippen LogP contribution in [0, 0.1) is 13.8 Å². The Hall–Kier alpha value is -2.34. The van der Waals surface area contributed by atoms with Crippen LogP contribution >= 0.6 is 10.7 Å². The summed E-state index contributed by atoms with van der Waals surface area (Å²) >= 11 is 0. The molecule has 0 bridgehead atoms. The van der Waals surface area contributed by atoms with Crippen LogP contribution in [0.3, 0.4) is 0 Å². The van der Waals surface area contributed by atoms with E-state index in [0.29, 0.717) is 11.3 Å². The molecular weight excluding hydrogens is 320 g/mol. The predicted octanol–water partition coefficient (Wildman–Crippen LogP) is 3.56. The lowest BCUT2D eigenvalue weighted by atomic mass is 10.1. The molecule has 0 aliphatic carbocycles. The van der Waals surface area contributed by atoms with Crippen LogP contribution in [0.1, 0.15) is 33.7 Å². The van der Waals surface area contributed by atoms with E-state index in [1.807, 2.05) is 13.0 Å². The summed E-state index contributed by atoms with van der Waals surface area (Å²) in [6, 6.07) is 6.23. The molecule has 124 valence electrons. The molecule has 1 aromatic carbocycles. The average Bonchev–Trinajstić information content (AvgIpc) is 3.25. The number of aromatic amines is 2. The molecule has 1 aliphatic rings. The lowest BCUT2D eigenvalue weighted by Gasteiger charge is -2.22. The average molecular weight is 340 g/mol. The fraction of sp³-hybridized carbons (Fsp3) is 0.278. The number of rotatable bonds is 3. The fourth-order valence-corrected chi connectivity index (χ4v) is 4.82. The number of hydrogen-bond donors (Lipinski definition) is 2. The molecule has 1 aliphatic heterocycles. The number of carbonyl (C=O) groups is 1. The molecule has 1 unspecified atom stereocenters. The third kappa shape index (κ3) is 2.38. The van der Waals surface area contributed by atoms with Crippen LogP contribution in [0.15, 0.2) is 24.4 Å². The molecule has 1 atom stereocenters. The minimum atomic E-state index is -0.0327. The summed E-state index contributed by atoms with van der Waals surface area (Å²) in [6.45, 7) is 5.03. The third-order valence-electron chi connectivity index (χ3n) is 4.58. The van der Waals surface area contributed by atoms with Crippen molar-refractivity contribution < 1.29 is 4.79 Å². The second-order valence-corrected chi connectivity index (χ2v) is 8.04. The number of nitrogens with zero attached hydrogens (tertiary/aromatic N) is 2. The Labute approximate surface area is 143 Å². The standard InChI is InChI=1S/C18H20N4OS/c1-11-7-13-8-16(18(23)14-10-19-21-12(14)2)20-15(13)9-17(11)22-5-4-6-24(22)3/h7-10,20H,3-6H2,1-2H3,(H,19,21). The molecule has 0 radical (unpaired) electrons. The Bertz CT molecular complexity index is 969. The summed E-state index contributed by atoms with van der Waals surface area (Å²) in [5.74, 6) is 5.40. The number of nitrogens with one attached hydrogen (secondary N) is 2. The first kappa shape index (κ1) is 15.2. The normalized spacial score (nSPS) is 17.8. The van der Waals surface area contributed by atoms with E-state index in [9.17, 15) is 4.79 Å². The fourth-order valence-electron chi connectivity index (χ4n) is 3.27. The number of anilines is 1. The van der Waals surface area contributed by atoms with Crippen LogP contribution in [0.5, 0.6) is 0 Å². The molecule has 1 fully saturated rings. The SMILES string of the molecule is C=S1CCCN1c1cc2[nH]c(C(=O)c3cn[nH]c3C)cc2cc1C. The number of fused-ring (bicyclic) bond motifs is 1. The van der Waals surface area contributed by atoms with E-state index in [0.717, 1.165) is 28.9 Å². The van der Waals surface area contributed by atoms with E-state index >= 15 is 0 Å². The van der Waals surface area contributed by atoms with Crippen LogP contribution in [0.2, 0.25) is 0 Å². The van der Waals surface area contributed by atoms with Crippen molar-refractivity contribution in [3.8, 4) is 0 Å². The van der Waals surface area contributed by atoms with E-state index in [-0.39, 0.29) is 16.5 Å². The van der Waals surface area contributed by atoms with Crippen molar-refractivity contribution in [1.29, 1.82) is 0 Å². The summed E-state index contributed by atoms with van der Waals surface area (Å²) in [4.78, 5) is 15.9. The van der Waals surface area contributed by atoms with E-state index < -0.39 is 0 Å². The maximum absolute atomic E-state index is 12.7. The molecule has 4 rings (SSSR count). The highest BCUT2D eigenvalue weighted by Gasteiger charge is 2.20. The van der Waals surface area contributed by atoms with Gasteiger partial charge in [0.15, 0.2) is 0 Å². The van der Waals surface area contributed by atoms with Crippen molar-refractivity contribution >= 4 is 38.9 Å². The minimum absolute atomic E-state index is 0.0327. The van der Waals surface area contributed by atoms with Gasteiger partial charge in [-0.2, -0.15) is 5.10 Å². The summed E-state index contributed by atoms with van der Waals surface area (Å²) in [7, 11) is 0.0459. The molecule has 3 aromatic rings. The van der Waals surface area contributed by atoms with Crippen molar-refractivity contribution in [2.24, 2.45) is 0 Å². The lowest BCUT2D eigenvalue weighted by Crippen LogP contribution is -2.12. The van der Waals surface area contributed by atoms with E-state index in [1.54, 1.807) is 6.20 Å². The van der Waals surface area contributed by atoms with E-state index in [4.69, 9.17) is 0 Å². The summed E-state index contributed by atoms with van der Waals surface area (Å²) in [5, 5.41) is 7.81. The smallest absolute Gasteiger partial charge is 0.212 e. The molecule has 0 saturated carbocycles. The van der Waals surface area contributed by atoms with Gasteiger partial charge in [0.25, 0.3) is 0 Å². The van der Waals surface area contributed by atoms with Crippen molar-refractivity contribution in [3.63, 3.8) is 0 Å². The zero-order valence-corrected chi connectivity index (χ0v) is 14.7. The van der Waals surface area contributed by atoms with Crippen LogP contribution < -0.4 is 4.31 Å². The van der Waals surface area contributed by atoms with Gasteiger partial charge in [-0.05, 0) is 44.0 Å². The van der Waals surface area contributed by atoms with E-state index in [2.05, 4.69) is 44.4 Å². The molecule has 24 heavy (non-hydrogen) atoms. The van der Waals surface area contributed by atoms with E-state index in [1.165, 1.54) is 17.7 Å². The molecule has 2 aromatic heterocycles. The predicted molar refractivity (Wildman–Crippen MR) is 101 cm³/mol. The minimum Gasteiger partial charge on any atom is -0.352 e. The Morgan fingerprint density at radius 2 is 2.17 bits per heavy atom. The zero-order chi connectivity index (χ0) is 16.8. The number of aryl methyl sites for hydroxylation is 2. The van der Waals surface area contributed by atoms with Gasteiger partial charge in [0.2, 0.25) is 5.78 Å². The Morgan fingerprint density at radius 1 is 1.33 bits per heavy atom. The van der Waals surface area contributed by atoms with Crippen LogP contribution in [0.25, 0.3) is 10.9 Å². The van der Waals surface area contributed by atoms with Gasteiger partial charge in [0.1, 0.15) is 0 Å². The number of benzene rings is 1. The van der Waals surface area contributed by atoms with Crippen LogP contribution in [-0.2, 0) is 0 Å². The number of ketones is 1. The quantitative estimate of drug-likeness (QED) is 0.566. The molecule has 0 spiro atoms. The zero-order valence-electron chi connectivity index (χ0n) is 13.8. The van der Waals surface area contributed by atoms with Crippen molar-refractivity contribution in [2.75, 3.05) is 16.6 Å². The van der Waals surface area contributed by atoms with Crippen LogP contribution in [-0.4, -0.2) is 39.1 Å². The highest BCUT2D eigenvalue weighted by molar-refractivity contribution is 8.15. The largest absolute Gasteiger partial charge is 0.352 e. The van der Waals surface area contributed by atoms with Crippen molar-refractivity contribution in [1.82, 2.24) is 15.2 Å². The van der Waals surface area contributed by atoms with Gasteiger partial charge in [0, 0.05) is 28.9 Å². The first-order valence-corrected chi connectivity index (χ1v) is 9.53. The highest BCUT2D eigenvalue weighted by atomic mass is 32.2. The molecule has 1 saturated heterocycles. The van der Waals surface area contributed by atoms with Crippen LogP contribution in [0.4, 0.5) is 5.69 Å². The van der Waals surface area contributed by atoms with Gasteiger partial charge in [0.05, 0.1) is 23.1 Å². The molecule has 6 heteroatoms. The number of carbonyl (C=O) groups excluding carboxylic acids is 1. The van der Waals surface area contributed by atoms with Gasteiger partial charge in [-0.1, -0.05) is 5.87 Å². The number of aromatic nitrogens is 3. The third-order valence-corrected chi connectivity index (χ3v) is 6.34. The van der Waals surface area contributed by atoms with Crippen molar-refractivity contribution in [3.05, 3.63) is 46.9 Å². The number of H-pyrrole nitrogens is 2. The van der Waals surface area contributed by atoms with Gasteiger partial charge >= 0.3 is 0 Å². The Kier molecular flexibility index (Phi) is 3.57. The molecule has 5 nitrogen and oxygen atoms in total. The first-order chi connectivity index (χ1) is 11.5. The lowest BCUT2D eigenvalue weighted by molar-refractivity contribution is 0.103. The summed E-state index contributed by atoms with van der Waals surface area (Å²) < 4.78 is 2.39. The highest BCUT2D eigenvalue weighted by Crippen LogP contribution is 2.37. The maximum atomic E-state index is 12.7. The van der Waals surface area contributed by atoms with Gasteiger partial charge in [-0.3, -0.25) is 9.89 Å². The molecule has 2 N–H and O–H groups in total. The Balaban J connectivity index is 1.77. The summed E-state index contributed by atoms with van der Waals surface area (Å²) in [6.07, 6.45) is 2.77.